The summed E-state index contributed by atoms with van der Waals surface area (Å²) >= 11 is 0. The van der Waals surface area contributed by atoms with Crippen LogP contribution in [0.5, 0.6) is 5.75 Å². The topological polar surface area (TPSA) is 63.2 Å². The lowest BCUT2D eigenvalue weighted by Crippen LogP contribution is -2.17. The Balaban J connectivity index is 2.17. The standard InChI is InChI=1S/C16H22FN5O/c1-10(2)14-19-15(21-16(20-14)22(3)4)18-9-11-6-7-13(23-5)12(17)8-11/h6-8,10H,9H2,1-5H3,(H,18,19,20,21). The van der Waals surface area contributed by atoms with Gasteiger partial charge >= 0.3 is 0 Å². The van der Waals surface area contributed by atoms with Gasteiger partial charge in [0.1, 0.15) is 5.82 Å². The molecule has 0 bridgehead atoms. The van der Waals surface area contributed by atoms with E-state index in [2.05, 4.69) is 20.3 Å². The molecule has 1 aromatic carbocycles. The molecule has 2 rings (SSSR count). The van der Waals surface area contributed by atoms with E-state index in [1.165, 1.54) is 13.2 Å². The molecular weight excluding hydrogens is 297 g/mol. The second kappa shape index (κ2) is 7.21. The molecule has 1 N–H and O–H groups in total. The van der Waals surface area contributed by atoms with Crippen LogP contribution in [0, 0.1) is 5.82 Å². The van der Waals surface area contributed by atoms with Gasteiger partial charge in [0.15, 0.2) is 11.6 Å². The molecule has 0 atom stereocenters. The fraction of sp³-hybridized carbons (Fsp3) is 0.438. The maximum Gasteiger partial charge on any atom is 0.229 e. The minimum absolute atomic E-state index is 0.190. The lowest BCUT2D eigenvalue weighted by Gasteiger charge is -2.15. The Morgan fingerprint density at radius 3 is 2.52 bits per heavy atom. The van der Waals surface area contributed by atoms with Crippen molar-refractivity contribution >= 4 is 11.9 Å². The first-order valence-electron chi connectivity index (χ1n) is 7.40. The summed E-state index contributed by atoms with van der Waals surface area (Å²) in [6.45, 7) is 4.46. The summed E-state index contributed by atoms with van der Waals surface area (Å²) in [4.78, 5) is 15.0. The van der Waals surface area contributed by atoms with Gasteiger partial charge in [-0.05, 0) is 17.7 Å². The number of rotatable bonds is 6. The quantitative estimate of drug-likeness (QED) is 0.883. The molecule has 0 radical (unpaired) electrons. The molecule has 0 aliphatic heterocycles. The molecule has 0 saturated heterocycles. The Morgan fingerprint density at radius 1 is 1.22 bits per heavy atom. The van der Waals surface area contributed by atoms with Crippen LogP contribution in [0.25, 0.3) is 0 Å². The Bertz CT molecular complexity index is 649. The summed E-state index contributed by atoms with van der Waals surface area (Å²) in [7, 11) is 5.20. The Labute approximate surface area is 135 Å². The maximum absolute atomic E-state index is 13.7. The molecule has 0 aliphatic rings. The summed E-state index contributed by atoms with van der Waals surface area (Å²) in [5.74, 6) is 1.81. The number of hydrogen-bond donors (Lipinski definition) is 1. The van der Waals surface area contributed by atoms with Gasteiger partial charge in [0.2, 0.25) is 11.9 Å². The summed E-state index contributed by atoms with van der Waals surface area (Å²) in [6.07, 6.45) is 0. The highest BCUT2D eigenvalue weighted by Crippen LogP contribution is 2.19. The number of halogens is 1. The molecule has 124 valence electrons. The van der Waals surface area contributed by atoms with Crippen LogP contribution in [-0.2, 0) is 6.54 Å². The fourth-order valence-corrected chi connectivity index (χ4v) is 1.92. The van der Waals surface area contributed by atoms with Gasteiger partial charge in [0.25, 0.3) is 0 Å². The minimum atomic E-state index is -0.390. The van der Waals surface area contributed by atoms with E-state index in [4.69, 9.17) is 4.74 Å². The van der Waals surface area contributed by atoms with E-state index in [-0.39, 0.29) is 17.5 Å². The van der Waals surface area contributed by atoms with Crippen LogP contribution in [0.3, 0.4) is 0 Å². The lowest BCUT2D eigenvalue weighted by molar-refractivity contribution is 0.386. The molecule has 0 saturated carbocycles. The van der Waals surface area contributed by atoms with Gasteiger partial charge in [-0.25, -0.2) is 4.39 Å². The highest BCUT2D eigenvalue weighted by Gasteiger charge is 2.11. The number of aromatic nitrogens is 3. The van der Waals surface area contributed by atoms with Crippen molar-refractivity contribution in [3.8, 4) is 5.75 Å². The van der Waals surface area contributed by atoms with Gasteiger partial charge in [-0.3, -0.25) is 0 Å². The number of nitrogens with one attached hydrogen (secondary N) is 1. The smallest absolute Gasteiger partial charge is 0.229 e. The predicted molar refractivity (Wildman–Crippen MR) is 88.5 cm³/mol. The van der Waals surface area contributed by atoms with E-state index in [1.54, 1.807) is 12.1 Å². The van der Waals surface area contributed by atoms with Crippen molar-refractivity contribution < 1.29 is 9.13 Å². The van der Waals surface area contributed by atoms with Gasteiger partial charge in [-0.15, -0.1) is 0 Å². The van der Waals surface area contributed by atoms with Gasteiger partial charge in [0.05, 0.1) is 7.11 Å². The number of benzene rings is 1. The number of anilines is 2. The van der Waals surface area contributed by atoms with Gasteiger partial charge in [-0.1, -0.05) is 19.9 Å². The van der Waals surface area contributed by atoms with Crippen molar-refractivity contribution in [2.24, 2.45) is 0 Å². The predicted octanol–water partition coefficient (Wildman–Crippen LogP) is 2.82. The number of hydrogen-bond acceptors (Lipinski definition) is 6. The van der Waals surface area contributed by atoms with Crippen LogP contribution < -0.4 is 15.0 Å². The summed E-state index contributed by atoms with van der Waals surface area (Å²) in [5.41, 5.74) is 0.779. The second-order valence-corrected chi connectivity index (χ2v) is 5.69. The molecule has 1 aromatic heterocycles. The molecule has 0 spiro atoms. The minimum Gasteiger partial charge on any atom is -0.494 e. The van der Waals surface area contributed by atoms with E-state index in [9.17, 15) is 4.39 Å². The summed E-state index contributed by atoms with van der Waals surface area (Å²) in [5, 5.41) is 3.12. The molecule has 6 nitrogen and oxygen atoms in total. The Morgan fingerprint density at radius 2 is 1.96 bits per heavy atom. The van der Waals surface area contributed by atoms with E-state index in [1.807, 2.05) is 32.8 Å². The van der Waals surface area contributed by atoms with Crippen LogP contribution >= 0.6 is 0 Å². The van der Waals surface area contributed by atoms with Crippen LogP contribution in [0.1, 0.15) is 31.2 Å². The van der Waals surface area contributed by atoms with E-state index >= 15 is 0 Å². The van der Waals surface area contributed by atoms with Crippen molar-refractivity contribution in [3.63, 3.8) is 0 Å². The zero-order chi connectivity index (χ0) is 17.0. The second-order valence-electron chi connectivity index (χ2n) is 5.69. The first-order chi connectivity index (χ1) is 10.9. The SMILES string of the molecule is COc1ccc(CNc2nc(C(C)C)nc(N(C)C)n2)cc1F. The molecular formula is C16H22FN5O. The lowest BCUT2D eigenvalue weighted by atomic mass is 10.2. The van der Waals surface area contributed by atoms with Gasteiger partial charge in [-0.2, -0.15) is 15.0 Å². The van der Waals surface area contributed by atoms with Gasteiger partial charge < -0.3 is 15.0 Å². The third kappa shape index (κ3) is 4.28. The third-order valence-corrected chi connectivity index (χ3v) is 3.22. The molecule has 0 amide bonds. The number of ether oxygens (including phenoxy) is 1. The average Bonchev–Trinajstić information content (AvgIpc) is 2.52. The van der Waals surface area contributed by atoms with E-state index in [0.717, 1.165) is 5.56 Å². The molecule has 1 heterocycles. The van der Waals surface area contributed by atoms with Crippen LogP contribution in [0.2, 0.25) is 0 Å². The van der Waals surface area contributed by atoms with Gasteiger partial charge in [0, 0.05) is 26.6 Å². The van der Waals surface area contributed by atoms with Crippen LogP contribution in [-0.4, -0.2) is 36.2 Å². The first kappa shape index (κ1) is 16.9. The highest BCUT2D eigenvalue weighted by molar-refractivity contribution is 5.38. The molecule has 0 fully saturated rings. The van der Waals surface area contributed by atoms with Crippen LogP contribution in [0.4, 0.5) is 16.3 Å². The van der Waals surface area contributed by atoms with Crippen molar-refractivity contribution in [2.45, 2.75) is 26.3 Å². The Kier molecular flexibility index (Phi) is 5.31. The zero-order valence-electron chi connectivity index (χ0n) is 14.1. The monoisotopic (exact) mass is 319 g/mol. The summed E-state index contributed by atoms with van der Waals surface area (Å²) < 4.78 is 18.6. The van der Waals surface area contributed by atoms with Crippen molar-refractivity contribution in [1.29, 1.82) is 0 Å². The largest absolute Gasteiger partial charge is 0.494 e. The molecule has 0 unspecified atom stereocenters. The summed E-state index contributed by atoms with van der Waals surface area (Å²) in [6, 6.07) is 4.83. The first-order valence-corrected chi connectivity index (χ1v) is 7.40. The maximum atomic E-state index is 13.7. The zero-order valence-corrected chi connectivity index (χ0v) is 14.1. The third-order valence-electron chi connectivity index (χ3n) is 3.22. The van der Waals surface area contributed by atoms with Crippen molar-refractivity contribution in [1.82, 2.24) is 15.0 Å². The van der Waals surface area contributed by atoms with Crippen molar-refractivity contribution in [3.05, 3.63) is 35.4 Å². The molecule has 23 heavy (non-hydrogen) atoms. The van der Waals surface area contributed by atoms with Crippen molar-refractivity contribution in [2.75, 3.05) is 31.4 Å². The number of methoxy groups -OCH3 is 1. The molecule has 2 aromatic rings. The fourth-order valence-electron chi connectivity index (χ4n) is 1.92. The van der Waals surface area contributed by atoms with E-state index in [0.29, 0.717) is 24.3 Å². The Hall–Kier alpha value is -2.44. The van der Waals surface area contributed by atoms with E-state index < -0.39 is 0 Å². The molecule has 7 heteroatoms. The normalized spacial score (nSPS) is 10.7. The van der Waals surface area contributed by atoms with Crippen LogP contribution in [0.15, 0.2) is 18.2 Å². The number of nitrogens with zero attached hydrogens (tertiary/aromatic N) is 4. The highest BCUT2D eigenvalue weighted by atomic mass is 19.1. The molecule has 0 aliphatic carbocycles. The average molecular weight is 319 g/mol.